The molecule has 0 spiro atoms. The van der Waals surface area contributed by atoms with Crippen LogP contribution in [0.15, 0.2) is 53.0 Å². The van der Waals surface area contributed by atoms with Crippen LogP contribution in [-0.2, 0) is 6.54 Å². The predicted molar refractivity (Wildman–Crippen MR) is 98.9 cm³/mol. The molecule has 2 aromatic carbocycles. The molecule has 0 aromatic heterocycles. The van der Waals surface area contributed by atoms with E-state index in [1.165, 1.54) is 0 Å². The monoisotopic (exact) mass is 394 g/mol. The first-order valence-electron chi connectivity index (χ1n) is 7.40. The number of hydrogen-bond donors (Lipinski definition) is 0. The van der Waals surface area contributed by atoms with Crippen molar-refractivity contribution in [1.82, 2.24) is 9.80 Å². The van der Waals surface area contributed by atoms with Crippen LogP contribution in [0.2, 0.25) is 5.02 Å². The lowest BCUT2D eigenvalue weighted by molar-refractivity contribution is 0.0732. The molecule has 0 saturated carbocycles. The molecule has 0 aliphatic carbocycles. The largest absolute Gasteiger partial charge is 0.333 e. The molecule has 0 aliphatic heterocycles. The number of hydrogen-bond acceptors (Lipinski definition) is 2. The lowest BCUT2D eigenvalue weighted by Gasteiger charge is -2.25. The van der Waals surface area contributed by atoms with Gasteiger partial charge in [-0.25, -0.2) is 0 Å². The summed E-state index contributed by atoms with van der Waals surface area (Å²) in [6.07, 6.45) is 0. The summed E-state index contributed by atoms with van der Waals surface area (Å²) in [6.45, 7) is 2.05. The molecule has 0 aliphatic rings. The highest BCUT2D eigenvalue weighted by atomic mass is 79.9. The summed E-state index contributed by atoms with van der Waals surface area (Å²) in [6, 6.07) is 15.1. The number of nitrogens with zero attached hydrogens (tertiary/aromatic N) is 2. The third-order valence-corrected chi connectivity index (χ3v) is 4.21. The summed E-state index contributed by atoms with van der Waals surface area (Å²) in [7, 11) is 4.01. The van der Waals surface area contributed by atoms with Crippen molar-refractivity contribution in [1.29, 1.82) is 0 Å². The third-order valence-electron chi connectivity index (χ3n) is 3.46. The maximum atomic E-state index is 12.8. The molecule has 122 valence electrons. The fourth-order valence-corrected chi connectivity index (χ4v) is 2.71. The van der Waals surface area contributed by atoms with E-state index in [1.54, 1.807) is 0 Å². The Morgan fingerprint density at radius 2 is 1.78 bits per heavy atom. The smallest absolute Gasteiger partial charge is 0.254 e. The molecule has 23 heavy (non-hydrogen) atoms. The Kier molecular flexibility index (Phi) is 6.63. The number of carbonyl (C=O) groups is 1. The van der Waals surface area contributed by atoms with Crippen molar-refractivity contribution in [2.45, 2.75) is 6.54 Å². The van der Waals surface area contributed by atoms with E-state index in [4.69, 9.17) is 11.6 Å². The predicted octanol–water partition coefficient (Wildman–Crippen LogP) is 4.31. The first kappa shape index (κ1) is 18.0. The van der Waals surface area contributed by atoms with Crippen molar-refractivity contribution in [3.8, 4) is 0 Å². The van der Waals surface area contributed by atoms with Gasteiger partial charge in [0, 0.05) is 34.7 Å². The average molecular weight is 396 g/mol. The van der Waals surface area contributed by atoms with Crippen LogP contribution in [0.5, 0.6) is 0 Å². The Balaban J connectivity index is 2.18. The Morgan fingerprint density at radius 1 is 1.09 bits per heavy atom. The van der Waals surface area contributed by atoms with E-state index in [2.05, 4.69) is 20.8 Å². The second kappa shape index (κ2) is 8.48. The Morgan fingerprint density at radius 3 is 2.39 bits per heavy atom. The highest BCUT2D eigenvalue weighted by Gasteiger charge is 2.16. The third kappa shape index (κ3) is 5.65. The summed E-state index contributed by atoms with van der Waals surface area (Å²) in [5, 5.41) is 0.701. The maximum Gasteiger partial charge on any atom is 0.254 e. The quantitative estimate of drug-likeness (QED) is 0.728. The average Bonchev–Trinajstić information content (AvgIpc) is 2.52. The molecular weight excluding hydrogens is 376 g/mol. The van der Waals surface area contributed by atoms with Gasteiger partial charge in [-0.05, 0) is 50.0 Å². The zero-order chi connectivity index (χ0) is 16.8. The van der Waals surface area contributed by atoms with E-state index in [0.29, 0.717) is 23.7 Å². The van der Waals surface area contributed by atoms with Crippen molar-refractivity contribution in [3.63, 3.8) is 0 Å². The molecule has 5 heteroatoms. The zero-order valence-electron chi connectivity index (χ0n) is 13.3. The minimum atomic E-state index is 0.0306. The van der Waals surface area contributed by atoms with Crippen LogP contribution < -0.4 is 0 Å². The summed E-state index contributed by atoms with van der Waals surface area (Å²) in [5.74, 6) is 0.0306. The highest BCUT2D eigenvalue weighted by molar-refractivity contribution is 9.10. The molecule has 0 atom stereocenters. The number of benzene rings is 2. The molecule has 0 heterocycles. The van der Waals surface area contributed by atoms with Crippen molar-refractivity contribution >= 4 is 33.4 Å². The molecule has 1 amide bonds. The normalized spacial score (nSPS) is 10.8. The molecule has 0 bridgehead atoms. The first-order chi connectivity index (χ1) is 11.0. The van der Waals surface area contributed by atoms with Crippen LogP contribution >= 0.6 is 27.5 Å². The van der Waals surface area contributed by atoms with E-state index in [1.807, 2.05) is 67.5 Å². The van der Waals surface area contributed by atoms with Crippen molar-refractivity contribution < 1.29 is 4.79 Å². The molecule has 0 fully saturated rings. The number of rotatable bonds is 6. The molecule has 0 N–H and O–H groups in total. The van der Waals surface area contributed by atoms with E-state index in [-0.39, 0.29) is 5.91 Å². The Hall–Kier alpha value is -1.36. The second-order valence-corrected chi connectivity index (χ2v) is 7.02. The number of likely N-dealkylation sites (N-methyl/N-ethyl adjacent to an activating group) is 1. The maximum absolute atomic E-state index is 12.8. The van der Waals surface area contributed by atoms with E-state index < -0.39 is 0 Å². The van der Waals surface area contributed by atoms with E-state index in [9.17, 15) is 4.79 Å². The highest BCUT2D eigenvalue weighted by Crippen LogP contribution is 2.16. The van der Waals surface area contributed by atoms with Gasteiger partial charge in [0.1, 0.15) is 0 Å². The van der Waals surface area contributed by atoms with Crippen molar-refractivity contribution in [2.24, 2.45) is 0 Å². The van der Waals surface area contributed by atoms with Crippen LogP contribution in [0, 0.1) is 0 Å². The molecule has 0 saturated heterocycles. The van der Waals surface area contributed by atoms with Gasteiger partial charge in [0.15, 0.2) is 0 Å². The molecule has 2 rings (SSSR count). The minimum absolute atomic E-state index is 0.0306. The number of amides is 1. The lowest BCUT2D eigenvalue weighted by atomic mass is 10.1. The van der Waals surface area contributed by atoms with Gasteiger partial charge in [0.2, 0.25) is 0 Å². The number of carbonyl (C=O) groups excluding carboxylic acids is 1. The molecule has 0 unspecified atom stereocenters. The van der Waals surface area contributed by atoms with E-state index in [0.717, 1.165) is 16.6 Å². The van der Waals surface area contributed by atoms with Gasteiger partial charge in [-0.15, -0.1) is 0 Å². The fraction of sp³-hybridized carbons (Fsp3) is 0.278. The Labute approximate surface area is 151 Å². The summed E-state index contributed by atoms with van der Waals surface area (Å²) in [4.78, 5) is 16.8. The van der Waals surface area contributed by atoms with Gasteiger partial charge in [-0.2, -0.15) is 0 Å². The lowest BCUT2D eigenvalue weighted by Crippen LogP contribution is -2.36. The molecular formula is C18H20BrClN2O. The number of halogens is 2. The molecule has 2 aromatic rings. The summed E-state index contributed by atoms with van der Waals surface area (Å²) in [5.41, 5.74) is 1.75. The summed E-state index contributed by atoms with van der Waals surface area (Å²) < 4.78 is 0.905. The van der Waals surface area contributed by atoms with Gasteiger partial charge in [-0.3, -0.25) is 4.79 Å². The van der Waals surface area contributed by atoms with Crippen molar-refractivity contribution in [2.75, 3.05) is 27.2 Å². The molecule has 3 nitrogen and oxygen atoms in total. The van der Waals surface area contributed by atoms with Gasteiger partial charge < -0.3 is 9.80 Å². The van der Waals surface area contributed by atoms with Crippen LogP contribution in [-0.4, -0.2) is 42.9 Å². The minimum Gasteiger partial charge on any atom is -0.333 e. The van der Waals surface area contributed by atoms with Gasteiger partial charge >= 0.3 is 0 Å². The summed E-state index contributed by atoms with van der Waals surface area (Å²) >= 11 is 9.36. The fourth-order valence-electron chi connectivity index (χ4n) is 2.19. The van der Waals surface area contributed by atoms with Gasteiger partial charge in [0.25, 0.3) is 5.91 Å². The topological polar surface area (TPSA) is 23.6 Å². The zero-order valence-corrected chi connectivity index (χ0v) is 15.6. The van der Waals surface area contributed by atoms with Crippen LogP contribution in [0.4, 0.5) is 0 Å². The van der Waals surface area contributed by atoms with Gasteiger partial charge in [0.05, 0.1) is 0 Å². The second-order valence-electron chi connectivity index (χ2n) is 5.67. The molecule has 0 radical (unpaired) electrons. The van der Waals surface area contributed by atoms with Crippen LogP contribution in [0.25, 0.3) is 0 Å². The van der Waals surface area contributed by atoms with Crippen molar-refractivity contribution in [3.05, 3.63) is 69.2 Å². The van der Waals surface area contributed by atoms with Crippen LogP contribution in [0.3, 0.4) is 0 Å². The van der Waals surface area contributed by atoms with Gasteiger partial charge in [-0.1, -0.05) is 45.7 Å². The Bertz CT molecular complexity index is 658. The van der Waals surface area contributed by atoms with E-state index >= 15 is 0 Å². The standard InChI is InChI=1S/C18H20BrClN2O/c1-21(2)10-11-22(13-14-6-8-17(20)9-7-14)18(23)15-4-3-5-16(19)12-15/h3-9,12H,10-11,13H2,1-2H3. The van der Waals surface area contributed by atoms with Crippen LogP contribution in [0.1, 0.15) is 15.9 Å². The SMILES string of the molecule is CN(C)CCN(Cc1ccc(Cl)cc1)C(=O)c1cccc(Br)c1. The first-order valence-corrected chi connectivity index (χ1v) is 8.57.